The van der Waals surface area contributed by atoms with Gasteiger partial charge in [0.15, 0.2) is 0 Å². The van der Waals surface area contributed by atoms with Crippen LogP contribution in [0.1, 0.15) is 0 Å². The normalized spacial score (nSPS) is 10.7. The summed E-state index contributed by atoms with van der Waals surface area (Å²) in [5, 5.41) is 8.52. The summed E-state index contributed by atoms with van der Waals surface area (Å²) in [7, 11) is 0. The smallest absolute Gasteiger partial charge is 0.331 e. The lowest BCUT2D eigenvalue weighted by molar-refractivity contribution is 0.0861. The number of rotatable bonds is 7. The molecule has 0 spiro atoms. The maximum Gasteiger partial charge on any atom is 0.331 e. The van der Waals surface area contributed by atoms with Crippen molar-refractivity contribution in [3.8, 4) is 0 Å². The second-order valence-corrected chi connectivity index (χ2v) is 3.41. The SMILES string of the molecule is NCCn1c(=O)ccn(CCOCCO)c1=O. The molecule has 0 bridgehead atoms. The van der Waals surface area contributed by atoms with Crippen LogP contribution < -0.4 is 17.0 Å². The van der Waals surface area contributed by atoms with Gasteiger partial charge in [-0.25, -0.2) is 4.79 Å². The lowest BCUT2D eigenvalue weighted by Crippen LogP contribution is -2.41. The summed E-state index contributed by atoms with van der Waals surface area (Å²) < 4.78 is 7.52. The van der Waals surface area contributed by atoms with Crippen molar-refractivity contribution in [2.24, 2.45) is 5.73 Å². The Morgan fingerprint density at radius 1 is 1.29 bits per heavy atom. The fourth-order valence-corrected chi connectivity index (χ4v) is 1.39. The summed E-state index contributed by atoms with van der Waals surface area (Å²) in [6.45, 7) is 1.26. The highest BCUT2D eigenvalue weighted by Crippen LogP contribution is 1.82. The van der Waals surface area contributed by atoms with Crippen LogP contribution in [0.5, 0.6) is 0 Å². The largest absolute Gasteiger partial charge is 0.394 e. The second kappa shape index (κ2) is 7.00. The molecule has 1 heterocycles. The first kappa shape index (κ1) is 13.6. The average Bonchev–Trinajstić information content (AvgIpc) is 2.32. The van der Waals surface area contributed by atoms with E-state index in [1.165, 1.54) is 16.8 Å². The molecule has 7 nitrogen and oxygen atoms in total. The Hall–Kier alpha value is -1.44. The van der Waals surface area contributed by atoms with E-state index in [2.05, 4.69) is 0 Å². The maximum atomic E-state index is 11.8. The van der Waals surface area contributed by atoms with Gasteiger partial charge >= 0.3 is 5.69 Å². The molecular formula is C10H17N3O4. The van der Waals surface area contributed by atoms with Crippen molar-refractivity contribution in [3.05, 3.63) is 33.1 Å². The second-order valence-electron chi connectivity index (χ2n) is 3.41. The van der Waals surface area contributed by atoms with Crippen molar-refractivity contribution < 1.29 is 9.84 Å². The van der Waals surface area contributed by atoms with Gasteiger partial charge in [-0.2, -0.15) is 0 Å². The highest BCUT2D eigenvalue weighted by molar-refractivity contribution is 4.86. The van der Waals surface area contributed by atoms with E-state index in [9.17, 15) is 9.59 Å². The Morgan fingerprint density at radius 2 is 2.06 bits per heavy atom. The van der Waals surface area contributed by atoms with E-state index >= 15 is 0 Å². The highest BCUT2D eigenvalue weighted by atomic mass is 16.5. The lowest BCUT2D eigenvalue weighted by Gasteiger charge is -2.09. The number of nitrogens with two attached hydrogens (primary N) is 1. The van der Waals surface area contributed by atoms with Crippen LogP contribution in [0, 0.1) is 0 Å². The van der Waals surface area contributed by atoms with Gasteiger partial charge in [-0.15, -0.1) is 0 Å². The summed E-state index contributed by atoms with van der Waals surface area (Å²) in [6, 6.07) is 1.32. The Balaban J connectivity index is 2.76. The molecule has 3 N–H and O–H groups in total. The van der Waals surface area contributed by atoms with Crippen LogP contribution in [-0.4, -0.2) is 40.6 Å². The fraction of sp³-hybridized carbons (Fsp3) is 0.600. The summed E-state index contributed by atoms with van der Waals surface area (Å²) in [6.07, 6.45) is 1.43. The van der Waals surface area contributed by atoms with Crippen LogP contribution in [-0.2, 0) is 17.8 Å². The summed E-state index contributed by atoms with van der Waals surface area (Å²) in [4.78, 5) is 23.2. The van der Waals surface area contributed by atoms with Crippen molar-refractivity contribution in [2.45, 2.75) is 13.1 Å². The Morgan fingerprint density at radius 3 is 2.71 bits per heavy atom. The number of hydrogen-bond donors (Lipinski definition) is 2. The van der Waals surface area contributed by atoms with Gasteiger partial charge in [0.2, 0.25) is 0 Å². The van der Waals surface area contributed by atoms with Crippen LogP contribution in [0.25, 0.3) is 0 Å². The summed E-state index contributed by atoms with van der Waals surface area (Å²) in [5.74, 6) is 0. The maximum absolute atomic E-state index is 11.8. The van der Waals surface area contributed by atoms with E-state index in [0.717, 1.165) is 4.57 Å². The van der Waals surface area contributed by atoms with E-state index < -0.39 is 5.69 Å². The van der Waals surface area contributed by atoms with E-state index in [-0.39, 0.29) is 31.9 Å². The molecule has 0 saturated carbocycles. The quantitative estimate of drug-likeness (QED) is 0.538. The molecule has 0 atom stereocenters. The number of aromatic nitrogens is 2. The number of hydrogen-bond acceptors (Lipinski definition) is 5. The van der Waals surface area contributed by atoms with Gasteiger partial charge < -0.3 is 15.6 Å². The van der Waals surface area contributed by atoms with E-state index in [4.69, 9.17) is 15.6 Å². The third-order valence-electron chi connectivity index (χ3n) is 2.20. The van der Waals surface area contributed by atoms with Crippen molar-refractivity contribution in [1.29, 1.82) is 0 Å². The van der Waals surface area contributed by atoms with E-state index in [1.54, 1.807) is 0 Å². The monoisotopic (exact) mass is 243 g/mol. The molecule has 1 aromatic rings. The first-order chi connectivity index (χ1) is 8.20. The Bertz CT molecular complexity index is 452. The zero-order valence-corrected chi connectivity index (χ0v) is 9.54. The summed E-state index contributed by atoms with van der Waals surface area (Å²) in [5.41, 5.74) is 4.58. The molecule has 1 aromatic heterocycles. The highest BCUT2D eigenvalue weighted by Gasteiger charge is 2.03. The summed E-state index contributed by atoms with van der Waals surface area (Å²) >= 11 is 0. The van der Waals surface area contributed by atoms with Gasteiger partial charge in [0.25, 0.3) is 5.56 Å². The van der Waals surface area contributed by atoms with Gasteiger partial charge in [0.05, 0.1) is 26.4 Å². The zero-order valence-electron chi connectivity index (χ0n) is 9.54. The van der Waals surface area contributed by atoms with Crippen molar-refractivity contribution in [3.63, 3.8) is 0 Å². The topological polar surface area (TPSA) is 99.5 Å². The number of nitrogens with zero attached hydrogens (tertiary/aromatic N) is 2. The molecule has 0 fully saturated rings. The minimum Gasteiger partial charge on any atom is -0.394 e. The molecule has 0 aliphatic rings. The van der Waals surface area contributed by atoms with Crippen molar-refractivity contribution in [1.82, 2.24) is 9.13 Å². The first-order valence-electron chi connectivity index (χ1n) is 5.39. The van der Waals surface area contributed by atoms with Crippen LogP contribution in [0.2, 0.25) is 0 Å². The standard InChI is InChI=1S/C10H17N3O4/c11-2-4-13-9(15)1-3-12(10(13)16)5-7-17-8-6-14/h1,3,14H,2,4-8,11H2. The molecular weight excluding hydrogens is 226 g/mol. The zero-order chi connectivity index (χ0) is 12.7. The molecule has 0 unspecified atom stereocenters. The molecule has 96 valence electrons. The predicted octanol–water partition coefficient (Wildman–Crippen LogP) is -2.02. The average molecular weight is 243 g/mol. The molecule has 7 heteroatoms. The lowest BCUT2D eigenvalue weighted by atomic mass is 10.5. The Kier molecular flexibility index (Phi) is 5.61. The molecule has 0 radical (unpaired) electrons. The Labute approximate surface area is 98.1 Å². The van der Waals surface area contributed by atoms with Gasteiger partial charge in [-0.1, -0.05) is 0 Å². The number of ether oxygens (including phenoxy) is 1. The number of aliphatic hydroxyl groups is 1. The molecule has 0 amide bonds. The van der Waals surface area contributed by atoms with Crippen LogP contribution >= 0.6 is 0 Å². The van der Waals surface area contributed by atoms with Gasteiger partial charge in [0.1, 0.15) is 0 Å². The molecule has 0 aliphatic heterocycles. The van der Waals surface area contributed by atoms with Gasteiger partial charge in [-0.3, -0.25) is 13.9 Å². The van der Waals surface area contributed by atoms with E-state index in [0.29, 0.717) is 13.2 Å². The van der Waals surface area contributed by atoms with Crippen LogP contribution in [0.15, 0.2) is 21.9 Å². The van der Waals surface area contributed by atoms with Gasteiger partial charge in [0, 0.05) is 25.4 Å². The van der Waals surface area contributed by atoms with Crippen LogP contribution in [0.4, 0.5) is 0 Å². The van der Waals surface area contributed by atoms with Crippen LogP contribution in [0.3, 0.4) is 0 Å². The van der Waals surface area contributed by atoms with Crippen molar-refractivity contribution >= 4 is 0 Å². The fourth-order valence-electron chi connectivity index (χ4n) is 1.39. The third-order valence-corrected chi connectivity index (χ3v) is 2.20. The molecule has 0 aromatic carbocycles. The molecule has 0 aliphatic carbocycles. The minimum absolute atomic E-state index is 0.0540. The van der Waals surface area contributed by atoms with E-state index in [1.807, 2.05) is 0 Å². The number of aliphatic hydroxyl groups excluding tert-OH is 1. The third kappa shape index (κ3) is 3.81. The minimum atomic E-state index is -0.393. The molecule has 1 rings (SSSR count). The first-order valence-corrected chi connectivity index (χ1v) is 5.39. The van der Waals surface area contributed by atoms with Gasteiger partial charge in [-0.05, 0) is 0 Å². The van der Waals surface area contributed by atoms with Crippen molar-refractivity contribution in [2.75, 3.05) is 26.4 Å². The predicted molar refractivity (Wildman–Crippen MR) is 61.9 cm³/mol. The molecule has 17 heavy (non-hydrogen) atoms. The molecule has 0 saturated heterocycles.